The molecule has 0 spiro atoms. The highest BCUT2D eigenvalue weighted by Crippen LogP contribution is 2.27. The first kappa shape index (κ1) is 13.9. The molecule has 0 aromatic heterocycles. The summed E-state index contributed by atoms with van der Waals surface area (Å²) in [7, 11) is -4.09. The highest BCUT2D eigenvalue weighted by atomic mass is 32.2. The molecular formula is C10H13N3O5S. The molecule has 0 aliphatic carbocycles. The van der Waals surface area contributed by atoms with Crippen LogP contribution in [0.3, 0.4) is 0 Å². The molecule has 1 aromatic rings. The lowest BCUT2D eigenvalue weighted by Gasteiger charge is -2.31. The molecule has 0 bridgehead atoms. The number of nitro groups is 1. The van der Waals surface area contributed by atoms with E-state index in [0.29, 0.717) is 6.54 Å². The smallest absolute Gasteiger partial charge is 0.289 e. The monoisotopic (exact) mass is 287 g/mol. The van der Waals surface area contributed by atoms with Crippen LogP contribution in [0.5, 0.6) is 0 Å². The van der Waals surface area contributed by atoms with Gasteiger partial charge < -0.3 is 10.4 Å². The van der Waals surface area contributed by atoms with Gasteiger partial charge in [-0.25, -0.2) is 8.42 Å². The molecule has 0 saturated carbocycles. The molecule has 1 aromatic carbocycles. The van der Waals surface area contributed by atoms with Crippen LogP contribution in [0.4, 0.5) is 5.69 Å². The van der Waals surface area contributed by atoms with Gasteiger partial charge in [-0.1, -0.05) is 12.1 Å². The average Bonchev–Trinajstić information content (AvgIpc) is 2.39. The van der Waals surface area contributed by atoms with E-state index < -0.39 is 31.8 Å². The summed E-state index contributed by atoms with van der Waals surface area (Å²) >= 11 is 0. The molecule has 1 saturated heterocycles. The van der Waals surface area contributed by atoms with Crippen LogP contribution in [-0.4, -0.2) is 48.6 Å². The van der Waals surface area contributed by atoms with Crippen molar-refractivity contribution in [3.05, 3.63) is 34.4 Å². The number of aliphatic hydroxyl groups excluding tert-OH is 1. The minimum Gasteiger partial charge on any atom is -0.376 e. The van der Waals surface area contributed by atoms with Crippen molar-refractivity contribution < 1.29 is 18.4 Å². The van der Waals surface area contributed by atoms with Crippen molar-refractivity contribution in [3.63, 3.8) is 0 Å². The molecule has 104 valence electrons. The third-order valence-electron chi connectivity index (χ3n) is 2.82. The molecule has 9 heteroatoms. The van der Waals surface area contributed by atoms with Gasteiger partial charge in [0.05, 0.1) is 4.92 Å². The molecule has 1 heterocycles. The minimum absolute atomic E-state index is 0.0650. The molecule has 0 radical (unpaired) electrons. The van der Waals surface area contributed by atoms with E-state index in [0.717, 1.165) is 10.4 Å². The topological polar surface area (TPSA) is 113 Å². The first-order valence-corrected chi connectivity index (χ1v) is 7.02. The Kier molecular flexibility index (Phi) is 3.80. The van der Waals surface area contributed by atoms with Gasteiger partial charge in [-0.05, 0) is 6.07 Å². The van der Waals surface area contributed by atoms with Gasteiger partial charge in [-0.3, -0.25) is 10.1 Å². The zero-order valence-corrected chi connectivity index (χ0v) is 10.7. The van der Waals surface area contributed by atoms with Crippen LogP contribution in [0.25, 0.3) is 0 Å². The largest absolute Gasteiger partial charge is 0.376 e. The number of hydrogen-bond donors (Lipinski definition) is 2. The normalized spacial score (nSPS) is 21.2. The highest BCUT2D eigenvalue weighted by molar-refractivity contribution is 7.89. The summed E-state index contributed by atoms with van der Waals surface area (Å²) in [6, 6.07) is 5.10. The van der Waals surface area contributed by atoms with Gasteiger partial charge in [0.25, 0.3) is 15.7 Å². The summed E-state index contributed by atoms with van der Waals surface area (Å²) in [6.07, 6.45) is -1.22. The number of nitrogens with one attached hydrogen (secondary N) is 1. The second kappa shape index (κ2) is 5.21. The van der Waals surface area contributed by atoms with Gasteiger partial charge in [-0.15, -0.1) is 0 Å². The number of nitro benzene ring substituents is 1. The maximum atomic E-state index is 12.4. The number of β-amino-alcohol motifs (C(OH)–C–C–N with tert-alkyl or cyclic N) is 1. The molecule has 1 atom stereocenters. The van der Waals surface area contributed by atoms with E-state index in [1.54, 1.807) is 0 Å². The Bertz CT molecular complexity index is 589. The van der Waals surface area contributed by atoms with Crippen molar-refractivity contribution in [2.24, 2.45) is 0 Å². The van der Waals surface area contributed by atoms with Crippen molar-refractivity contribution in [2.75, 3.05) is 19.6 Å². The van der Waals surface area contributed by atoms with Crippen molar-refractivity contribution in [1.82, 2.24) is 9.62 Å². The molecule has 1 fully saturated rings. The predicted molar refractivity (Wildman–Crippen MR) is 65.9 cm³/mol. The van der Waals surface area contributed by atoms with E-state index in [9.17, 15) is 23.6 Å². The second-order valence-electron chi connectivity index (χ2n) is 4.03. The lowest BCUT2D eigenvalue weighted by atomic mass is 10.3. The van der Waals surface area contributed by atoms with Gasteiger partial charge in [0.2, 0.25) is 0 Å². The zero-order chi connectivity index (χ0) is 14.0. The number of para-hydroxylation sites is 1. The standard InChI is InChI=1S/C10H13N3O5S/c14-10-7-11-5-6-12(10)19(17,18)9-4-2-1-3-8(9)13(15)16/h1-4,10-11,14H,5-7H2. The van der Waals surface area contributed by atoms with Crippen LogP contribution in [0, 0.1) is 10.1 Å². The first-order valence-electron chi connectivity index (χ1n) is 5.58. The summed E-state index contributed by atoms with van der Waals surface area (Å²) in [5.74, 6) is 0. The fourth-order valence-corrected chi connectivity index (χ4v) is 3.54. The molecule has 1 aliphatic heterocycles. The van der Waals surface area contributed by atoms with Crippen LogP contribution in [0.2, 0.25) is 0 Å². The van der Waals surface area contributed by atoms with Crippen molar-refractivity contribution >= 4 is 15.7 Å². The van der Waals surface area contributed by atoms with Gasteiger partial charge in [-0.2, -0.15) is 4.31 Å². The van der Waals surface area contributed by atoms with E-state index in [2.05, 4.69) is 5.32 Å². The average molecular weight is 287 g/mol. The Labute approximate surface area is 109 Å². The SMILES string of the molecule is O=[N+]([O-])c1ccccc1S(=O)(=O)N1CCNCC1O. The van der Waals surface area contributed by atoms with Crippen molar-refractivity contribution in [3.8, 4) is 0 Å². The number of benzene rings is 1. The quantitative estimate of drug-likeness (QED) is 0.573. The lowest BCUT2D eigenvalue weighted by Crippen LogP contribution is -2.53. The van der Waals surface area contributed by atoms with Crippen LogP contribution in [0.15, 0.2) is 29.2 Å². The van der Waals surface area contributed by atoms with E-state index in [1.807, 2.05) is 0 Å². The maximum Gasteiger partial charge on any atom is 0.289 e. The number of rotatable bonds is 3. The number of hydrogen-bond acceptors (Lipinski definition) is 6. The van der Waals surface area contributed by atoms with Gasteiger partial charge >= 0.3 is 0 Å². The molecule has 1 unspecified atom stereocenters. The summed E-state index contributed by atoms with van der Waals surface area (Å²) in [5, 5.41) is 23.4. The van der Waals surface area contributed by atoms with Crippen LogP contribution in [0.1, 0.15) is 0 Å². The molecule has 2 rings (SSSR count). The van der Waals surface area contributed by atoms with E-state index >= 15 is 0 Å². The number of nitrogens with zero attached hydrogens (tertiary/aromatic N) is 2. The zero-order valence-electron chi connectivity index (χ0n) is 9.89. The van der Waals surface area contributed by atoms with Gasteiger partial charge in [0, 0.05) is 25.7 Å². The first-order chi connectivity index (χ1) is 8.94. The molecule has 19 heavy (non-hydrogen) atoms. The van der Waals surface area contributed by atoms with Gasteiger partial charge in [0.1, 0.15) is 6.23 Å². The van der Waals surface area contributed by atoms with Crippen molar-refractivity contribution in [1.29, 1.82) is 0 Å². The predicted octanol–water partition coefficient (Wildman–Crippen LogP) is -0.493. The number of sulfonamides is 1. The van der Waals surface area contributed by atoms with Gasteiger partial charge in [0.15, 0.2) is 4.90 Å². The van der Waals surface area contributed by atoms with E-state index in [-0.39, 0.29) is 13.1 Å². The Morgan fingerprint density at radius 1 is 1.42 bits per heavy atom. The van der Waals surface area contributed by atoms with Crippen LogP contribution < -0.4 is 5.32 Å². The molecule has 1 aliphatic rings. The second-order valence-corrected chi connectivity index (χ2v) is 5.88. The summed E-state index contributed by atoms with van der Waals surface area (Å²) in [6.45, 7) is 0.548. The molecular weight excluding hydrogens is 274 g/mol. The van der Waals surface area contributed by atoms with Crippen LogP contribution in [-0.2, 0) is 10.0 Å². The maximum absolute atomic E-state index is 12.4. The summed E-state index contributed by atoms with van der Waals surface area (Å²) < 4.78 is 25.6. The molecule has 2 N–H and O–H groups in total. The summed E-state index contributed by atoms with van der Waals surface area (Å²) in [4.78, 5) is 9.73. The Morgan fingerprint density at radius 3 is 2.74 bits per heavy atom. The van der Waals surface area contributed by atoms with Crippen molar-refractivity contribution in [2.45, 2.75) is 11.1 Å². The third-order valence-corrected chi connectivity index (χ3v) is 4.76. The molecule has 0 amide bonds. The fourth-order valence-electron chi connectivity index (χ4n) is 1.90. The van der Waals surface area contributed by atoms with Crippen LogP contribution >= 0.6 is 0 Å². The number of piperazine rings is 1. The number of aliphatic hydroxyl groups is 1. The molecule has 8 nitrogen and oxygen atoms in total. The summed E-state index contributed by atoms with van der Waals surface area (Å²) in [5.41, 5.74) is -0.492. The lowest BCUT2D eigenvalue weighted by molar-refractivity contribution is -0.387. The van der Waals surface area contributed by atoms with E-state index in [4.69, 9.17) is 0 Å². The third kappa shape index (κ3) is 2.59. The highest BCUT2D eigenvalue weighted by Gasteiger charge is 2.36. The van der Waals surface area contributed by atoms with E-state index in [1.165, 1.54) is 18.2 Å². The Morgan fingerprint density at radius 2 is 2.11 bits per heavy atom. The Hall–Kier alpha value is -1.55. The Balaban J connectivity index is 2.47. The fraction of sp³-hybridized carbons (Fsp3) is 0.400. The minimum atomic E-state index is -4.09.